The maximum Gasteiger partial charge on any atom is 0.227 e. The van der Waals surface area contributed by atoms with Crippen LogP contribution in [0.5, 0.6) is 0 Å². The average molecular weight is 357 g/mol. The van der Waals surface area contributed by atoms with Crippen LogP contribution in [0.15, 0.2) is 42.5 Å². The van der Waals surface area contributed by atoms with Gasteiger partial charge in [0.05, 0.1) is 5.92 Å². The monoisotopic (exact) mass is 356 g/mol. The molecule has 5 heteroatoms. The highest BCUT2D eigenvalue weighted by molar-refractivity contribution is 6.30. The van der Waals surface area contributed by atoms with Crippen LogP contribution in [-0.4, -0.2) is 18.4 Å². The van der Waals surface area contributed by atoms with Crippen LogP contribution in [0.4, 0.5) is 5.69 Å². The number of nitrogens with zero attached hydrogens (tertiary/aromatic N) is 1. The highest BCUT2D eigenvalue weighted by Crippen LogP contribution is 2.30. The SMILES string of the molecule is Cc1cccc(C)c1N1CC(C(=O)NCc2ccc(Cl)cc2)CC1=O. The summed E-state index contributed by atoms with van der Waals surface area (Å²) in [7, 11) is 0. The second kappa shape index (κ2) is 7.28. The molecule has 1 unspecified atom stereocenters. The van der Waals surface area contributed by atoms with Gasteiger partial charge in [0.25, 0.3) is 0 Å². The fourth-order valence-corrected chi connectivity index (χ4v) is 3.39. The molecule has 4 nitrogen and oxygen atoms in total. The van der Waals surface area contributed by atoms with Crippen LogP contribution < -0.4 is 10.2 Å². The highest BCUT2D eigenvalue weighted by Gasteiger charge is 2.36. The van der Waals surface area contributed by atoms with E-state index in [2.05, 4.69) is 5.32 Å². The smallest absolute Gasteiger partial charge is 0.227 e. The lowest BCUT2D eigenvalue weighted by molar-refractivity contribution is -0.126. The predicted octanol–water partition coefficient (Wildman–Crippen LogP) is 3.63. The summed E-state index contributed by atoms with van der Waals surface area (Å²) >= 11 is 5.86. The van der Waals surface area contributed by atoms with Gasteiger partial charge in [-0.15, -0.1) is 0 Å². The normalized spacial score (nSPS) is 17.0. The summed E-state index contributed by atoms with van der Waals surface area (Å²) in [5.74, 6) is -0.403. The number of anilines is 1. The Hall–Kier alpha value is -2.33. The molecule has 2 aromatic rings. The standard InChI is InChI=1S/C20H21ClN2O2/c1-13-4-3-5-14(2)19(13)23-12-16(10-18(23)24)20(25)22-11-15-6-8-17(21)9-7-15/h3-9,16H,10-12H2,1-2H3,(H,22,25). The summed E-state index contributed by atoms with van der Waals surface area (Å²) < 4.78 is 0. The average Bonchev–Trinajstić information content (AvgIpc) is 2.96. The van der Waals surface area contributed by atoms with Gasteiger partial charge in [0.15, 0.2) is 0 Å². The Morgan fingerprint density at radius 1 is 1.16 bits per heavy atom. The van der Waals surface area contributed by atoms with Gasteiger partial charge in [0, 0.05) is 30.2 Å². The minimum absolute atomic E-state index is 0.00374. The van der Waals surface area contributed by atoms with Gasteiger partial charge in [-0.2, -0.15) is 0 Å². The zero-order valence-electron chi connectivity index (χ0n) is 14.4. The van der Waals surface area contributed by atoms with E-state index in [1.54, 1.807) is 17.0 Å². The maximum atomic E-state index is 12.5. The molecule has 0 spiro atoms. The Morgan fingerprint density at radius 2 is 1.80 bits per heavy atom. The molecule has 1 N–H and O–H groups in total. The minimum Gasteiger partial charge on any atom is -0.352 e. The van der Waals surface area contributed by atoms with Gasteiger partial charge in [0.2, 0.25) is 11.8 Å². The van der Waals surface area contributed by atoms with Crippen molar-refractivity contribution in [2.75, 3.05) is 11.4 Å². The predicted molar refractivity (Wildman–Crippen MR) is 99.7 cm³/mol. The zero-order valence-corrected chi connectivity index (χ0v) is 15.1. The van der Waals surface area contributed by atoms with Crippen molar-refractivity contribution in [1.82, 2.24) is 5.32 Å². The minimum atomic E-state index is -0.321. The van der Waals surface area contributed by atoms with Gasteiger partial charge in [-0.3, -0.25) is 9.59 Å². The van der Waals surface area contributed by atoms with Crippen LogP contribution in [0.2, 0.25) is 5.02 Å². The van der Waals surface area contributed by atoms with Crippen LogP contribution in [0, 0.1) is 19.8 Å². The maximum absolute atomic E-state index is 12.5. The molecular weight excluding hydrogens is 336 g/mol. The van der Waals surface area contributed by atoms with Crippen molar-refractivity contribution in [1.29, 1.82) is 0 Å². The molecule has 1 fully saturated rings. The Bertz CT molecular complexity index is 782. The summed E-state index contributed by atoms with van der Waals surface area (Å²) in [6.07, 6.45) is 0.250. The van der Waals surface area contributed by atoms with E-state index in [0.29, 0.717) is 18.1 Å². The lowest BCUT2D eigenvalue weighted by atomic mass is 10.1. The number of para-hydroxylation sites is 1. The first-order chi connectivity index (χ1) is 12.0. The van der Waals surface area contributed by atoms with E-state index in [4.69, 9.17) is 11.6 Å². The molecule has 1 aliphatic rings. The molecule has 2 aromatic carbocycles. The number of carbonyl (C=O) groups excluding carboxylic acids is 2. The van der Waals surface area contributed by atoms with E-state index >= 15 is 0 Å². The van der Waals surface area contributed by atoms with E-state index in [0.717, 1.165) is 22.4 Å². The zero-order chi connectivity index (χ0) is 18.0. The second-order valence-corrected chi connectivity index (χ2v) is 6.93. The molecule has 0 aliphatic carbocycles. The number of aryl methyl sites for hydroxylation is 2. The van der Waals surface area contributed by atoms with Crippen LogP contribution >= 0.6 is 11.6 Å². The summed E-state index contributed by atoms with van der Waals surface area (Å²) in [5.41, 5.74) is 4.01. The first-order valence-electron chi connectivity index (χ1n) is 8.34. The van der Waals surface area contributed by atoms with Crippen LogP contribution in [0.25, 0.3) is 0 Å². The molecule has 2 amide bonds. The highest BCUT2D eigenvalue weighted by atomic mass is 35.5. The van der Waals surface area contributed by atoms with E-state index in [-0.39, 0.29) is 24.2 Å². The number of hydrogen-bond acceptors (Lipinski definition) is 2. The van der Waals surface area contributed by atoms with Crippen LogP contribution in [-0.2, 0) is 16.1 Å². The Labute approximate surface area is 152 Å². The topological polar surface area (TPSA) is 49.4 Å². The van der Waals surface area contributed by atoms with E-state index in [1.807, 2.05) is 44.2 Å². The molecule has 3 rings (SSSR count). The molecule has 0 bridgehead atoms. The number of benzene rings is 2. The molecular formula is C20H21ClN2O2. The number of amides is 2. The van der Waals surface area contributed by atoms with Crippen molar-refractivity contribution >= 4 is 29.1 Å². The Balaban J connectivity index is 1.65. The van der Waals surface area contributed by atoms with Crippen molar-refractivity contribution in [2.45, 2.75) is 26.8 Å². The molecule has 1 saturated heterocycles. The molecule has 1 atom stereocenters. The van der Waals surface area contributed by atoms with Gasteiger partial charge >= 0.3 is 0 Å². The lowest BCUT2D eigenvalue weighted by Crippen LogP contribution is -2.33. The summed E-state index contributed by atoms with van der Waals surface area (Å²) in [5, 5.41) is 3.59. The van der Waals surface area contributed by atoms with Crippen molar-refractivity contribution < 1.29 is 9.59 Å². The van der Waals surface area contributed by atoms with E-state index in [9.17, 15) is 9.59 Å². The van der Waals surface area contributed by atoms with E-state index < -0.39 is 0 Å². The summed E-state index contributed by atoms with van der Waals surface area (Å²) in [6.45, 7) is 4.84. The Morgan fingerprint density at radius 3 is 2.44 bits per heavy atom. The quantitative estimate of drug-likeness (QED) is 0.909. The van der Waals surface area contributed by atoms with Crippen molar-refractivity contribution in [2.24, 2.45) is 5.92 Å². The Kier molecular flexibility index (Phi) is 5.09. The first-order valence-corrected chi connectivity index (χ1v) is 8.72. The van der Waals surface area contributed by atoms with Gasteiger partial charge in [-0.05, 0) is 42.7 Å². The summed E-state index contributed by atoms with van der Waals surface area (Å²) in [6, 6.07) is 13.3. The molecule has 0 radical (unpaired) electrons. The number of rotatable bonds is 4. The van der Waals surface area contributed by atoms with E-state index in [1.165, 1.54) is 0 Å². The third kappa shape index (κ3) is 3.85. The van der Waals surface area contributed by atoms with Crippen LogP contribution in [0.1, 0.15) is 23.1 Å². The van der Waals surface area contributed by atoms with Gasteiger partial charge in [-0.25, -0.2) is 0 Å². The number of nitrogens with one attached hydrogen (secondary N) is 1. The molecule has 25 heavy (non-hydrogen) atoms. The second-order valence-electron chi connectivity index (χ2n) is 6.49. The van der Waals surface area contributed by atoms with Gasteiger partial charge < -0.3 is 10.2 Å². The van der Waals surface area contributed by atoms with Crippen LogP contribution in [0.3, 0.4) is 0 Å². The third-order valence-electron chi connectivity index (χ3n) is 4.59. The first kappa shape index (κ1) is 17.5. The molecule has 130 valence electrons. The lowest BCUT2D eigenvalue weighted by Gasteiger charge is -2.21. The fraction of sp³-hybridized carbons (Fsp3) is 0.300. The van der Waals surface area contributed by atoms with Crippen molar-refractivity contribution in [3.05, 3.63) is 64.2 Å². The third-order valence-corrected chi connectivity index (χ3v) is 4.84. The largest absolute Gasteiger partial charge is 0.352 e. The molecule has 1 aliphatic heterocycles. The number of halogens is 1. The van der Waals surface area contributed by atoms with Gasteiger partial charge in [0.1, 0.15) is 0 Å². The number of hydrogen-bond donors (Lipinski definition) is 1. The molecule has 1 heterocycles. The van der Waals surface area contributed by atoms with Crippen molar-refractivity contribution in [3.63, 3.8) is 0 Å². The molecule has 0 saturated carbocycles. The van der Waals surface area contributed by atoms with Gasteiger partial charge in [-0.1, -0.05) is 41.9 Å². The summed E-state index contributed by atoms with van der Waals surface area (Å²) in [4.78, 5) is 26.6. The van der Waals surface area contributed by atoms with Crippen molar-refractivity contribution in [3.8, 4) is 0 Å². The fourth-order valence-electron chi connectivity index (χ4n) is 3.27. The molecule has 0 aromatic heterocycles. The number of carbonyl (C=O) groups is 2.